The third-order valence-corrected chi connectivity index (χ3v) is 3.87. The highest BCUT2D eigenvalue weighted by Crippen LogP contribution is 2.20. The fourth-order valence-electron chi connectivity index (χ4n) is 2.05. The lowest BCUT2D eigenvalue weighted by atomic mass is 10.1. The van der Waals surface area contributed by atoms with Gasteiger partial charge in [0.1, 0.15) is 0 Å². The standard InChI is InChI=1S/C18H14BrF3N2O2/c19-14-8-6-13(7-9-14)15(11-16(25)18(20,21)22)23-24-17(26)10-12-4-2-1-3-5-12/h1-9H,10-11H2,(H,24,26). The minimum atomic E-state index is -4.97. The molecule has 8 heteroatoms. The fraction of sp³-hybridized carbons (Fsp3) is 0.167. The van der Waals surface area contributed by atoms with Crippen molar-refractivity contribution in [3.63, 3.8) is 0 Å². The number of hydrogen-bond acceptors (Lipinski definition) is 3. The highest BCUT2D eigenvalue weighted by Gasteiger charge is 2.38. The minimum absolute atomic E-state index is 0.0190. The zero-order valence-electron chi connectivity index (χ0n) is 13.4. The number of amides is 1. The largest absolute Gasteiger partial charge is 0.450 e. The van der Waals surface area contributed by atoms with Gasteiger partial charge in [0.15, 0.2) is 0 Å². The molecule has 0 atom stereocenters. The molecule has 0 saturated heterocycles. The Balaban J connectivity index is 2.16. The average Bonchev–Trinajstić information content (AvgIpc) is 2.59. The summed E-state index contributed by atoms with van der Waals surface area (Å²) in [6, 6.07) is 15.0. The monoisotopic (exact) mass is 426 g/mol. The predicted molar refractivity (Wildman–Crippen MR) is 94.6 cm³/mol. The topological polar surface area (TPSA) is 58.5 Å². The molecule has 2 aromatic carbocycles. The van der Waals surface area contributed by atoms with E-state index in [4.69, 9.17) is 0 Å². The highest BCUT2D eigenvalue weighted by molar-refractivity contribution is 9.10. The first-order chi connectivity index (χ1) is 12.3. The van der Waals surface area contributed by atoms with Gasteiger partial charge in [-0.25, -0.2) is 5.43 Å². The fourth-order valence-corrected chi connectivity index (χ4v) is 2.32. The first kappa shape index (κ1) is 19.8. The van der Waals surface area contributed by atoms with Crippen molar-refractivity contribution in [3.8, 4) is 0 Å². The van der Waals surface area contributed by atoms with E-state index in [1.807, 2.05) is 0 Å². The van der Waals surface area contributed by atoms with Crippen molar-refractivity contribution in [2.24, 2.45) is 5.10 Å². The maximum atomic E-state index is 12.6. The summed E-state index contributed by atoms with van der Waals surface area (Å²) in [6.45, 7) is 0. The smallest absolute Gasteiger partial charge is 0.289 e. The molecular formula is C18H14BrF3N2O2. The van der Waals surface area contributed by atoms with Gasteiger partial charge in [0.2, 0.25) is 11.7 Å². The second-order valence-electron chi connectivity index (χ2n) is 5.36. The van der Waals surface area contributed by atoms with Crippen LogP contribution in [0.3, 0.4) is 0 Å². The SMILES string of the molecule is O=C(Cc1ccccc1)NN=C(CC(=O)C(F)(F)F)c1ccc(Br)cc1. The van der Waals surface area contributed by atoms with Crippen molar-refractivity contribution in [2.75, 3.05) is 0 Å². The van der Waals surface area contributed by atoms with Crippen LogP contribution < -0.4 is 5.43 Å². The van der Waals surface area contributed by atoms with Crippen LogP contribution in [0.1, 0.15) is 17.5 Å². The third kappa shape index (κ3) is 6.11. The molecular weight excluding hydrogens is 413 g/mol. The van der Waals surface area contributed by atoms with Crippen molar-refractivity contribution in [3.05, 3.63) is 70.2 Å². The van der Waals surface area contributed by atoms with Crippen LogP contribution in [0.15, 0.2) is 64.2 Å². The van der Waals surface area contributed by atoms with E-state index in [-0.39, 0.29) is 12.1 Å². The predicted octanol–water partition coefficient (Wildman–Crippen LogP) is 4.03. The van der Waals surface area contributed by atoms with Crippen LogP contribution >= 0.6 is 15.9 Å². The number of halogens is 4. The summed E-state index contributed by atoms with van der Waals surface area (Å²) in [5.74, 6) is -2.43. The normalized spacial score (nSPS) is 11.9. The average molecular weight is 427 g/mol. The molecule has 136 valence electrons. The van der Waals surface area contributed by atoms with E-state index >= 15 is 0 Å². The Kier molecular flexibility index (Phi) is 6.68. The maximum absolute atomic E-state index is 12.6. The second-order valence-corrected chi connectivity index (χ2v) is 6.28. The molecule has 0 aliphatic heterocycles. The van der Waals surface area contributed by atoms with Crippen LogP contribution in [0.2, 0.25) is 0 Å². The Morgan fingerprint density at radius 2 is 1.62 bits per heavy atom. The van der Waals surface area contributed by atoms with Crippen LogP contribution in [0.4, 0.5) is 13.2 Å². The van der Waals surface area contributed by atoms with E-state index in [1.165, 1.54) is 12.1 Å². The molecule has 26 heavy (non-hydrogen) atoms. The Hall–Kier alpha value is -2.48. The molecule has 0 aromatic heterocycles. The number of Topliss-reactive ketones (excluding diaryl/α,β-unsaturated/α-hetero) is 1. The molecule has 0 spiro atoms. The summed E-state index contributed by atoms with van der Waals surface area (Å²) in [5, 5.41) is 3.75. The van der Waals surface area contributed by atoms with Gasteiger partial charge in [-0.05, 0) is 23.3 Å². The molecule has 2 rings (SSSR count). The summed E-state index contributed by atoms with van der Waals surface area (Å²) in [5.41, 5.74) is 3.10. The van der Waals surface area contributed by atoms with Gasteiger partial charge < -0.3 is 0 Å². The molecule has 0 fully saturated rings. The molecule has 0 saturated carbocycles. The quantitative estimate of drug-likeness (QED) is 0.559. The molecule has 1 amide bonds. The number of carbonyl (C=O) groups is 2. The van der Waals surface area contributed by atoms with Crippen molar-refractivity contribution in [1.29, 1.82) is 0 Å². The molecule has 0 aliphatic carbocycles. The number of nitrogens with one attached hydrogen (secondary N) is 1. The zero-order valence-corrected chi connectivity index (χ0v) is 15.0. The first-order valence-corrected chi connectivity index (χ1v) is 8.30. The van der Waals surface area contributed by atoms with Crippen LogP contribution in [0.5, 0.6) is 0 Å². The summed E-state index contributed by atoms with van der Waals surface area (Å²) >= 11 is 3.22. The van der Waals surface area contributed by atoms with Gasteiger partial charge >= 0.3 is 6.18 Å². The van der Waals surface area contributed by atoms with Crippen molar-refractivity contribution in [1.82, 2.24) is 5.43 Å². The van der Waals surface area contributed by atoms with Gasteiger partial charge in [-0.2, -0.15) is 18.3 Å². The number of alkyl halides is 3. The third-order valence-electron chi connectivity index (χ3n) is 3.34. The number of nitrogens with zero attached hydrogens (tertiary/aromatic N) is 1. The van der Waals surface area contributed by atoms with Crippen LogP contribution in [0.25, 0.3) is 0 Å². The van der Waals surface area contributed by atoms with E-state index < -0.39 is 24.3 Å². The summed E-state index contributed by atoms with van der Waals surface area (Å²) in [6.07, 6.45) is -5.91. The van der Waals surface area contributed by atoms with E-state index in [2.05, 4.69) is 26.5 Å². The van der Waals surface area contributed by atoms with E-state index in [0.29, 0.717) is 5.56 Å². The molecule has 1 N–H and O–H groups in total. The van der Waals surface area contributed by atoms with Gasteiger partial charge in [0.25, 0.3) is 0 Å². The molecule has 0 unspecified atom stereocenters. The number of ketones is 1. The second kappa shape index (κ2) is 8.75. The van der Waals surface area contributed by atoms with E-state index in [9.17, 15) is 22.8 Å². The Labute approximate surface area is 156 Å². The minimum Gasteiger partial charge on any atom is -0.289 e. The van der Waals surface area contributed by atoms with E-state index in [0.717, 1.165) is 10.0 Å². The summed E-state index contributed by atoms with van der Waals surface area (Å²) < 4.78 is 38.4. The lowest BCUT2D eigenvalue weighted by molar-refractivity contribution is -0.169. The van der Waals surface area contributed by atoms with Crippen LogP contribution in [-0.4, -0.2) is 23.6 Å². The van der Waals surface area contributed by atoms with Gasteiger partial charge in [0.05, 0.1) is 18.6 Å². The van der Waals surface area contributed by atoms with E-state index in [1.54, 1.807) is 42.5 Å². The van der Waals surface area contributed by atoms with Crippen LogP contribution in [-0.2, 0) is 16.0 Å². The summed E-state index contributed by atoms with van der Waals surface area (Å²) in [7, 11) is 0. The Bertz CT molecular complexity index is 803. The van der Waals surface area contributed by atoms with Crippen molar-refractivity contribution in [2.45, 2.75) is 19.0 Å². The number of hydrazone groups is 1. The first-order valence-electron chi connectivity index (χ1n) is 7.51. The maximum Gasteiger partial charge on any atom is 0.450 e. The Morgan fingerprint density at radius 3 is 2.19 bits per heavy atom. The lowest BCUT2D eigenvalue weighted by Crippen LogP contribution is -2.28. The molecule has 2 aromatic rings. The Morgan fingerprint density at radius 1 is 1.00 bits per heavy atom. The number of carbonyl (C=O) groups excluding carboxylic acids is 2. The molecule has 0 heterocycles. The molecule has 0 bridgehead atoms. The van der Waals surface area contributed by atoms with Crippen molar-refractivity contribution >= 4 is 33.3 Å². The van der Waals surface area contributed by atoms with Gasteiger partial charge in [-0.15, -0.1) is 0 Å². The number of hydrogen-bond donors (Lipinski definition) is 1. The number of rotatable bonds is 6. The number of benzene rings is 2. The highest BCUT2D eigenvalue weighted by atomic mass is 79.9. The zero-order chi connectivity index (χ0) is 19.2. The van der Waals surface area contributed by atoms with Gasteiger partial charge in [-0.1, -0.05) is 58.4 Å². The molecule has 4 nitrogen and oxygen atoms in total. The van der Waals surface area contributed by atoms with Crippen molar-refractivity contribution < 1.29 is 22.8 Å². The van der Waals surface area contributed by atoms with Gasteiger partial charge in [-0.3, -0.25) is 9.59 Å². The molecule has 0 radical (unpaired) electrons. The molecule has 0 aliphatic rings. The van der Waals surface area contributed by atoms with Crippen LogP contribution in [0, 0.1) is 0 Å². The van der Waals surface area contributed by atoms with Gasteiger partial charge in [0, 0.05) is 4.47 Å². The summed E-state index contributed by atoms with van der Waals surface area (Å²) in [4.78, 5) is 23.3. The lowest BCUT2D eigenvalue weighted by Gasteiger charge is -2.09.